The number of nitrogens with zero attached hydrogens (tertiary/aromatic N) is 1. The number of esters is 1. The number of thiophene rings is 1. The van der Waals surface area contributed by atoms with E-state index in [4.69, 9.17) is 14.2 Å². The second-order valence-electron chi connectivity index (χ2n) is 8.25. The molecule has 0 radical (unpaired) electrons. The van der Waals surface area contributed by atoms with Gasteiger partial charge in [0.05, 0.1) is 30.3 Å². The summed E-state index contributed by atoms with van der Waals surface area (Å²) in [5, 5.41) is 2.04. The van der Waals surface area contributed by atoms with Gasteiger partial charge in [-0.05, 0) is 54.1 Å². The Labute approximate surface area is 210 Å². The fourth-order valence-corrected chi connectivity index (χ4v) is 6.36. The molecule has 0 unspecified atom stereocenters. The maximum atomic E-state index is 13.8. The van der Waals surface area contributed by atoms with Crippen molar-refractivity contribution in [3.8, 4) is 5.75 Å². The number of rotatable bonds is 11. The summed E-state index contributed by atoms with van der Waals surface area (Å²) in [5.74, 6) is -0.00846. The highest BCUT2D eigenvalue weighted by Gasteiger charge is 2.32. The lowest BCUT2D eigenvalue weighted by atomic mass is 10.2. The predicted octanol–water partition coefficient (Wildman–Crippen LogP) is 4.53. The number of hydrogen-bond donors (Lipinski definition) is 0. The second-order valence-corrected chi connectivity index (χ2v) is 11.2. The van der Waals surface area contributed by atoms with E-state index in [-0.39, 0.29) is 29.7 Å². The van der Waals surface area contributed by atoms with Crippen molar-refractivity contribution in [1.82, 2.24) is 4.31 Å². The second kappa shape index (κ2) is 11.8. The molecule has 1 atom stereocenters. The average Bonchev–Trinajstić information content (AvgIpc) is 3.58. The minimum atomic E-state index is -4.02. The van der Waals surface area contributed by atoms with Crippen molar-refractivity contribution in [2.75, 3.05) is 26.9 Å². The molecule has 7 nitrogen and oxygen atoms in total. The highest BCUT2D eigenvalue weighted by molar-refractivity contribution is 7.89. The molecule has 0 saturated carbocycles. The zero-order valence-corrected chi connectivity index (χ0v) is 21.2. The number of hydrogen-bond acceptors (Lipinski definition) is 7. The van der Waals surface area contributed by atoms with E-state index in [9.17, 15) is 13.2 Å². The fraction of sp³-hybridized carbons (Fsp3) is 0.346. The zero-order chi connectivity index (χ0) is 24.7. The van der Waals surface area contributed by atoms with Crippen molar-refractivity contribution in [3.63, 3.8) is 0 Å². The van der Waals surface area contributed by atoms with Gasteiger partial charge < -0.3 is 14.2 Å². The van der Waals surface area contributed by atoms with Crippen LogP contribution in [0.15, 0.2) is 70.9 Å². The predicted molar refractivity (Wildman–Crippen MR) is 134 cm³/mol. The minimum absolute atomic E-state index is 0.0120. The van der Waals surface area contributed by atoms with E-state index in [0.29, 0.717) is 19.0 Å². The minimum Gasteiger partial charge on any atom is -0.493 e. The zero-order valence-electron chi connectivity index (χ0n) is 19.6. The van der Waals surface area contributed by atoms with Gasteiger partial charge in [0.25, 0.3) is 0 Å². The van der Waals surface area contributed by atoms with Gasteiger partial charge in [-0.2, -0.15) is 4.31 Å². The standard InChI is InChI=1S/C26H29NO6S2/c1-31-26(28)24-11-2-3-12-25(24)35(29,30)27(19-22-9-5-14-32-22)18-20-7-4-8-21(17-20)33-15-13-23-10-6-16-34-23/h2-4,6-8,10-12,16-17,22H,5,9,13-15,18-19H2,1H3/t22-/m0/s1. The fourth-order valence-electron chi connectivity index (χ4n) is 4.03. The topological polar surface area (TPSA) is 82.1 Å². The van der Waals surface area contributed by atoms with E-state index < -0.39 is 16.0 Å². The summed E-state index contributed by atoms with van der Waals surface area (Å²) in [7, 11) is -2.78. The molecule has 1 aliphatic rings. The van der Waals surface area contributed by atoms with Crippen LogP contribution in [0.3, 0.4) is 0 Å². The summed E-state index contributed by atoms with van der Waals surface area (Å²) in [6.07, 6.45) is 2.30. The van der Waals surface area contributed by atoms with Crippen LogP contribution in [0.25, 0.3) is 0 Å². The summed E-state index contributed by atoms with van der Waals surface area (Å²) >= 11 is 1.69. The summed E-state index contributed by atoms with van der Waals surface area (Å²) in [4.78, 5) is 13.5. The molecule has 0 aliphatic carbocycles. The van der Waals surface area contributed by atoms with Gasteiger partial charge >= 0.3 is 5.97 Å². The Morgan fingerprint density at radius 1 is 1.14 bits per heavy atom. The van der Waals surface area contributed by atoms with Crippen molar-refractivity contribution in [2.24, 2.45) is 0 Å². The molecule has 3 aromatic rings. The molecule has 4 rings (SSSR count). The van der Waals surface area contributed by atoms with Crippen LogP contribution < -0.4 is 4.74 Å². The molecule has 1 aromatic heterocycles. The number of ether oxygens (including phenoxy) is 3. The summed E-state index contributed by atoms with van der Waals surface area (Å²) < 4.78 is 45.4. The number of benzene rings is 2. The number of carbonyl (C=O) groups excluding carboxylic acids is 1. The Bertz CT molecular complexity index is 1220. The SMILES string of the molecule is COC(=O)c1ccccc1S(=O)(=O)N(Cc1cccc(OCCc2cccs2)c1)C[C@@H]1CCCO1. The lowest BCUT2D eigenvalue weighted by molar-refractivity contribution is 0.0596. The van der Waals surface area contributed by atoms with Gasteiger partial charge in [0.1, 0.15) is 5.75 Å². The third-order valence-corrected chi connectivity index (χ3v) is 8.60. The van der Waals surface area contributed by atoms with Crippen LogP contribution in [-0.2, 0) is 32.5 Å². The Balaban J connectivity index is 1.56. The Morgan fingerprint density at radius 2 is 2.00 bits per heavy atom. The van der Waals surface area contributed by atoms with Gasteiger partial charge in [0.15, 0.2) is 0 Å². The van der Waals surface area contributed by atoms with Crippen LogP contribution in [0.1, 0.15) is 33.6 Å². The summed E-state index contributed by atoms with van der Waals surface area (Å²) in [6.45, 7) is 1.47. The number of sulfonamides is 1. The van der Waals surface area contributed by atoms with E-state index in [2.05, 4.69) is 6.07 Å². The molecule has 186 valence electrons. The van der Waals surface area contributed by atoms with Crippen LogP contribution >= 0.6 is 11.3 Å². The van der Waals surface area contributed by atoms with Crippen LogP contribution in [0.5, 0.6) is 5.75 Å². The molecule has 0 amide bonds. The maximum Gasteiger partial charge on any atom is 0.339 e. The summed E-state index contributed by atoms with van der Waals surface area (Å²) in [5.41, 5.74) is 0.800. The Hall–Kier alpha value is -2.72. The number of carbonyl (C=O) groups is 1. The molecule has 1 aliphatic heterocycles. The van der Waals surface area contributed by atoms with E-state index in [1.807, 2.05) is 35.7 Å². The molecule has 1 saturated heterocycles. The maximum absolute atomic E-state index is 13.8. The van der Waals surface area contributed by atoms with Gasteiger partial charge in [-0.1, -0.05) is 30.3 Å². The molecular formula is C26H29NO6S2. The van der Waals surface area contributed by atoms with E-state index in [1.54, 1.807) is 23.5 Å². The molecule has 0 bridgehead atoms. The van der Waals surface area contributed by atoms with Gasteiger partial charge in [0.2, 0.25) is 10.0 Å². The third-order valence-electron chi connectivity index (χ3n) is 5.80. The average molecular weight is 516 g/mol. The molecule has 35 heavy (non-hydrogen) atoms. The van der Waals surface area contributed by atoms with Gasteiger partial charge in [-0.15, -0.1) is 11.3 Å². The first-order valence-corrected chi connectivity index (χ1v) is 13.8. The molecule has 0 N–H and O–H groups in total. The first-order chi connectivity index (χ1) is 17.0. The molecular weight excluding hydrogens is 486 g/mol. The van der Waals surface area contributed by atoms with Crippen LogP contribution in [0.4, 0.5) is 0 Å². The molecule has 2 heterocycles. The van der Waals surface area contributed by atoms with Crippen molar-refractivity contribution < 1.29 is 27.4 Å². The monoisotopic (exact) mass is 515 g/mol. The number of methoxy groups -OCH3 is 1. The highest BCUT2D eigenvalue weighted by atomic mass is 32.2. The molecule has 1 fully saturated rings. The van der Waals surface area contributed by atoms with E-state index >= 15 is 0 Å². The van der Waals surface area contributed by atoms with E-state index in [0.717, 1.165) is 24.8 Å². The van der Waals surface area contributed by atoms with Gasteiger partial charge in [-0.3, -0.25) is 0 Å². The first kappa shape index (κ1) is 25.4. The van der Waals surface area contributed by atoms with Crippen molar-refractivity contribution in [2.45, 2.75) is 36.8 Å². The molecule has 2 aromatic carbocycles. The van der Waals surface area contributed by atoms with Gasteiger partial charge in [-0.25, -0.2) is 13.2 Å². The lowest BCUT2D eigenvalue weighted by Crippen LogP contribution is -2.37. The Morgan fingerprint density at radius 3 is 2.74 bits per heavy atom. The largest absolute Gasteiger partial charge is 0.493 e. The first-order valence-electron chi connectivity index (χ1n) is 11.5. The van der Waals surface area contributed by atoms with Crippen molar-refractivity contribution >= 4 is 27.3 Å². The third kappa shape index (κ3) is 6.49. The Kier molecular flexibility index (Phi) is 8.56. The van der Waals surface area contributed by atoms with Crippen LogP contribution in [-0.4, -0.2) is 51.7 Å². The van der Waals surface area contributed by atoms with Crippen molar-refractivity contribution in [3.05, 3.63) is 82.0 Å². The van der Waals surface area contributed by atoms with Crippen LogP contribution in [0.2, 0.25) is 0 Å². The quantitative estimate of drug-likeness (QED) is 0.349. The van der Waals surface area contributed by atoms with Crippen LogP contribution in [0, 0.1) is 0 Å². The van der Waals surface area contributed by atoms with Gasteiger partial charge in [0, 0.05) is 31.0 Å². The molecule has 9 heteroatoms. The highest BCUT2D eigenvalue weighted by Crippen LogP contribution is 2.26. The molecule has 0 spiro atoms. The van der Waals surface area contributed by atoms with Crippen molar-refractivity contribution in [1.29, 1.82) is 0 Å². The van der Waals surface area contributed by atoms with E-state index in [1.165, 1.54) is 28.4 Å². The normalized spacial score (nSPS) is 15.9. The summed E-state index contributed by atoms with van der Waals surface area (Å²) in [6, 6.07) is 17.7. The smallest absolute Gasteiger partial charge is 0.339 e. The lowest BCUT2D eigenvalue weighted by Gasteiger charge is -2.26.